The molecule has 0 bridgehead atoms. The van der Waals surface area contributed by atoms with Crippen LogP contribution in [0.5, 0.6) is 5.75 Å². The van der Waals surface area contributed by atoms with Gasteiger partial charge in [0, 0.05) is 44.2 Å². The Kier molecular flexibility index (Phi) is 8.34. The summed E-state index contributed by atoms with van der Waals surface area (Å²) in [4.78, 5) is 14.0. The number of ether oxygens (including phenoxy) is 1. The molecule has 1 aromatic carbocycles. The van der Waals surface area contributed by atoms with E-state index in [9.17, 15) is 0 Å². The van der Waals surface area contributed by atoms with Gasteiger partial charge in [0.2, 0.25) is 0 Å². The summed E-state index contributed by atoms with van der Waals surface area (Å²) in [6, 6.07) is 12.3. The first-order valence-corrected chi connectivity index (χ1v) is 11.4. The summed E-state index contributed by atoms with van der Waals surface area (Å²) in [6.45, 7) is 4.63. The van der Waals surface area contributed by atoms with Crippen molar-refractivity contribution in [2.45, 2.75) is 6.54 Å². The van der Waals surface area contributed by atoms with Crippen LogP contribution in [0.4, 0.5) is 5.00 Å². The van der Waals surface area contributed by atoms with Gasteiger partial charge in [0.05, 0.1) is 24.3 Å². The maximum Gasteiger partial charge on any atom is 0.194 e. The molecule has 0 saturated carbocycles. The Morgan fingerprint density at radius 2 is 1.90 bits per heavy atom. The molecule has 3 aromatic rings. The molecular formula is C21H26IN5OS2. The Morgan fingerprint density at radius 1 is 1.13 bits per heavy atom. The van der Waals surface area contributed by atoms with Gasteiger partial charge in [0.25, 0.3) is 0 Å². The van der Waals surface area contributed by atoms with E-state index in [4.69, 9.17) is 9.72 Å². The molecule has 0 unspecified atom stereocenters. The molecule has 0 amide bonds. The number of hydrogen-bond donors (Lipinski definition) is 1. The molecule has 0 spiro atoms. The number of thiophene rings is 1. The van der Waals surface area contributed by atoms with E-state index in [1.54, 1.807) is 29.8 Å². The van der Waals surface area contributed by atoms with Crippen molar-refractivity contribution in [1.82, 2.24) is 15.2 Å². The van der Waals surface area contributed by atoms with Crippen molar-refractivity contribution in [2.75, 3.05) is 45.2 Å². The average molecular weight is 556 g/mol. The Balaban J connectivity index is 0.00000256. The molecule has 30 heavy (non-hydrogen) atoms. The molecular weight excluding hydrogens is 529 g/mol. The number of nitrogens with one attached hydrogen (secondary N) is 1. The average Bonchev–Trinajstić information content (AvgIpc) is 3.47. The molecule has 0 atom stereocenters. The molecule has 1 aliphatic heterocycles. The van der Waals surface area contributed by atoms with Crippen molar-refractivity contribution < 1.29 is 4.74 Å². The third-order valence-corrected chi connectivity index (χ3v) is 6.79. The van der Waals surface area contributed by atoms with Crippen LogP contribution in [0.15, 0.2) is 52.2 Å². The van der Waals surface area contributed by atoms with E-state index < -0.39 is 0 Å². The number of nitrogens with zero attached hydrogens (tertiary/aromatic N) is 4. The number of rotatable bonds is 5. The Bertz CT molecular complexity index is 935. The lowest BCUT2D eigenvalue weighted by Crippen LogP contribution is -2.52. The molecule has 1 saturated heterocycles. The van der Waals surface area contributed by atoms with Crippen molar-refractivity contribution in [3.05, 3.63) is 52.9 Å². The van der Waals surface area contributed by atoms with E-state index in [-0.39, 0.29) is 24.0 Å². The van der Waals surface area contributed by atoms with Crippen molar-refractivity contribution in [2.24, 2.45) is 4.99 Å². The number of halogens is 1. The van der Waals surface area contributed by atoms with Crippen LogP contribution in [0.2, 0.25) is 0 Å². The molecule has 3 heterocycles. The highest BCUT2D eigenvalue weighted by Gasteiger charge is 2.20. The van der Waals surface area contributed by atoms with Crippen LogP contribution < -0.4 is 15.0 Å². The molecule has 1 fully saturated rings. The second-order valence-electron chi connectivity index (χ2n) is 6.70. The van der Waals surface area contributed by atoms with Crippen molar-refractivity contribution in [3.8, 4) is 16.3 Å². The molecule has 0 aliphatic carbocycles. The fourth-order valence-corrected chi connectivity index (χ4v) is 4.96. The van der Waals surface area contributed by atoms with Gasteiger partial charge in [-0.2, -0.15) is 0 Å². The summed E-state index contributed by atoms with van der Waals surface area (Å²) in [5.74, 6) is 1.80. The first-order chi connectivity index (χ1) is 14.3. The Morgan fingerprint density at radius 3 is 2.53 bits per heavy atom. The van der Waals surface area contributed by atoms with Crippen LogP contribution in [0.25, 0.3) is 10.6 Å². The number of aliphatic imine (C=N–C) groups is 1. The zero-order valence-corrected chi connectivity index (χ0v) is 21.0. The van der Waals surface area contributed by atoms with Crippen LogP contribution >= 0.6 is 46.7 Å². The largest absolute Gasteiger partial charge is 0.497 e. The third-order valence-electron chi connectivity index (χ3n) is 4.93. The Labute approximate surface area is 202 Å². The lowest BCUT2D eigenvalue weighted by molar-refractivity contribution is 0.373. The summed E-state index contributed by atoms with van der Waals surface area (Å²) in [5, 5.41) is 10.1. The van der Waals surface area contributed by atoms with Crippen LogP contribution in [0, 0.1) is 0 Å². The molecule has 4 rings (SSSR count). The lowest BCUT2D eigenvalue weighted by atomic mass is 10.2. The minimum absolute atomic E-state index is 0. The minimum atomic E-state index is 0. The normalized spacial score (nSPS) is 14.4. The van der Waals surface area contributed by atoms with Gasteiger partial charge in [-0.15, -0.1) is 46.7 Å². The summed E-state index contributed by atoms with van der Waals surface area (Å²) < 4.78 is 5.23. The van der Waals surface area contributed by atoms with Gasteiger partial charge >= 0.3 is 0 Å². The fraction of sp³-hybridized carbons (Fsp3) is 0.333. The van der Waals surface area contributed by atoms with Crippen molar-refractivity contribution in [1.29, 1.82) is 0 Å². The smallest absolute Gasteiger partial charge is 0.194 e. The highest BCUT2D eigenvalue weighted by atomic mass is 127. The number of piperazine rings is 1. The Hall–Kier alpha value is -1.85. The van der Waals surface area contributed by atoms with Crippen LogP contribution in [-0.4, -0.2) is 56.2 Å². The van der Waals surface area contributed by atoms with E-state index in [1.807, 2.05) is 31.3 Å². The molecule has 2 aromatic heterocycles. The number of methoxy groups -OCH3 is 1. The van der Waals surface area contributed by atoms with Crippen molar-refractivity contribution in [3.63, 3.8) is 0 Å². The third kappa shape index (κ3) is 5.44. The van der Waals surface area contributed by atoms with Gasteiger partial charge in [-0.25, -0.2) is 4.98 Å². The highest BCUT2D eigenvalue weighted by molar-refractivity contribution is 14.0. The first kappa shape index (κ1) is 22.8. The monoisotopic (exact) mass is 555 g/mol. The zero-order chi connectivity index (χ0) is 20.1. The second-order valence-corrected chi connectivity index (χ2v) is 8.48. The molecule has 0 radical (unpaired) electrons. The molecule has 1 aliphatic rings. The van der Waals surface area contributed by atoms with Crippen molar-refractivity contribution >= 4 is 57.6 Å². The van der Waals surface area contributed by atoms with E-state index in [2.05, 4.69) is 43.0 Å². The quantitative estimate of drug-likeness (QED) is 0.288. The molecule has 160 valence electrons. The van der Waals surface area contributed by atoms with Gasteiger partial charge < -0.3 is 19.9 Å². The summed E-state index contributed by atoms with van der Waals surface area (Å²) in [7, 11) is 3.52. The maximum absolute atomic E-state index is 5.23. The van der Waals surface area contributed by atoms with E-state index in [0.717, 1.165) is 54.2 Å². The van der Waals surface area contributed by atoms with Gasteiger partial charge in [-0.3, -0.25) is 4.99 Å². The maximum atomic E-state index is 5.23. The molecule has 9 heteroatoms. The predicted molar refractivity (Wildman–Crippen MR) is 138 cm³/mol. The standard InChI is InChI=1S/C21H25N5OS2.HI/c1-22-21(26-11-9-25(10-12-26)19-4-3-13-28-19)23-14-17-15-29-20(24-17)16-5-7-18(27-2)8-6-16;/h3-8,13,15H,9-12,14H2,1-2H3,(H,22,23);1H. The first-order valence-electron chi connectivity index (χ1n) is 9.59. The van der Waals surface area contributed by atoms with E-state index >= 15 is 0 Å². The van der Waals surface area contributed by atoms with E-state index in [0.29, 0.717) is 6.54 Å². The lowest BCUT2D eigenvalue weighted by Gasteiger charge is -2.36. The summed E-state index contributed by atoms with van der Waals surface area (Å²) in [5.41, 5.74) is 2.13. The second kappa shape index (κ2) is 11.0. The molecule has 6 nitrogen and oxygen atoms in total. The van der Waals surface area contributed by atoms with Crippen LogP contribution in [-0.2, 0) is 6.54 Å². The van der Waals surface area contributed by atoms with E-state index in [1.165, 1.54) is 5.00 Å². The topological polar surface area (TPSA) is 53.0 Å². The molecule has 1 N–H and O–H groups in total. The van der Waals surface area contributed by atoms with Gasteiger partial charge in [0.15, 0.2) is 5.96 Å². The van der Waals surface area contributed by atoms with Gasteiger partial charge in [-0.05, 0) is 41.8 Å². The summed E-state index contributed by atoms with van der Waals surface area (Å²) >= 11 is 3.46. The number of thiazole rings is 1. The van der Waals surface area contributed by atoms with Crippen LogP contribution in [0.1, 0.15) is 5.69 Å². The number of aromatic nitrogens is 1. The number of guanidine groups is 1. The SMILES string of the molecule is CN=C(NCc1csc(-c2ccc(OC)cc2)n1)N1CCN(c2cccs2)CC1.I. The predicted octanol–water partition coefficient (Wildman–Crippen LogP) is 4.40. The summed E-state index contributed by atoms with van der Waals surface area (Å²) in [6.07, 6.45) is 0. The van der Waals surface area contributed by atoms with Gasteiger partial charge in [0.1, 0.15) is 10.8 Å². The zero-order valence-electron chi connectivity index (χ0n) is 17.1. The van der Waals surface area contributed by atoms with Crippen LogP contribution in [0.3, 0.4) is 0 Å². The van der Waals surface area contributed by atoms with Gasteiger partial charge in [-0.1, -0.05) is 0 Å². The number of benzene rings is 1. The number of anilines is 1. The minimum Gasteiger partial charge on any atom is -0.497 e. The highest BCUT2D eigenvalue weighted by Crippen LogP contribution is 2.26. The fourth-order valence-electron chi connectivity index (χ4n) is 3.34. The number of hydrogen-bond acceptors (Lipinski definition) is 6.